The quantitative estimate of drug-likeness (QED) is 0.702. The summed E-state index contributed by atoms with van der Waals surface area (Å²) in [6.07, 6.45) is -0.273. The third kappa shape index (κ3) is 5.02. The highest BCUT2D eigenvalue weighted by Crippen LogP contribution is 2.25. The first-order valence-corrected chi connectivity index (χ1v) is 10.7. The summed E-state index contributed by atoms with van der Waals surface area (Å²) in [5, 5.41) is 9.45. The Bertz CT molecular complexity index is 709. The van der Waals surface area contributed by atoms with Crippen molar-refractivity contribution < 1.29 is 17.9 Å². The predicted octanol–water partition coefficient (Wildman–Crippen LogP) is 1.46. The number of nitrogens with one attached hydrogen (secondary N) is 2. The Hall–Kier alpha value is -0.970. The van der Waals surface area contributed by atoms with Gasteiger partial charge in [-0.2, -0.15) is 9.40 Å². The lowest BCUT2D eigenvalue weighted by atomic mass is 10.1. The number of hydrogen-bond acceptors (Lipinski definition) is 5. The molecule has 1 fully saturated rings. The van der Waals surface area contributed by atoms with Gasteiger partial charge in [0.2, 0.25) is 10.0 Å². The van der Waals surface area contributed by atoms with Crippen LogP contribution in [0, 0.1) is 0 Å². The summed E-state index contributed by atoms with van der Waals surface area (Å²) >= 11 is 3.36. The van der Waals surface area contributed by atoms with Gasteiger partial charge in [-0.15, -0.1) is 0 Å². The van der Waals surface area contributed by atoms with Crippen LogP contribution in [0.25, 0.3) is 0 Å². The largest absolute Gasteiger partial charge is 0.373 e. The summed E-state index contributed by atoms with van der Waals surface area (Å²) in [6.45, 7) is 8.36. The molecule has 142 valence electrons. The average molecular weight is 437 g/mol. The van der Waals surface area contributed by atoms with E-state index in [9.17, 15) is 13.2 Å². The van der Waals surface area contributed by atoms with Gasteiger partial charge in [-0.3, -0.25) is 9.89 Å². The third-order valence-corrected chi connectivity index (χ3v) is 6.56. The number of amides is 1. The first-order valence-electron chi connectivity index (χ1n) is 8.27. The number of nitrogens with zero attached hydrogens (tertiary/aromatic N) is 2. The number of carbonyl (C=O) groups excluding carboxylic acids is 1. The fraction of sp³-hybridized carbons (Fsp3) is 0.733. The zero-order valence-corrected chi connectivity index (χ0v) is 17.3. The Balaban J connectivity index is 1.92. The van der Waals surface area contributed by atoms with Crippen molar-refractivity contribution in [2.75, 3.05) is 25.4 Å². The number of sulfonamides is 1. The van der Waals surface area contributed by atoms with Crippen molar-refractivity contribution >= 4 is 31.9 Å². The highest BCUT2D eigenvalue weighted by Gasteiger charge is 2.30. The topological polar surface area (TPSA) is 104 Å². The summed E-state index contributed by atoms with van der Waals surface area (Å²) in [5.74, 6) is -0.375. The smallest absolute Gasteiger partial charge is 0.272 e. The molecule has 0 saturated carbocycles. The number of halogens is 1. The van der Waals surface area contributed by atoms with Crippen molar-refractivity contribution in [3.05, 3.63) is 15.9 Å². The van der Waals surface area contributed by atoms with Gasteiger partial charge in [0.1, 0.15) is 0 Å². The number of carbonyl (C=O) groups is 1. The third-order valence-electron chi connectivity index (χ3n) is 3.95. The van der Waals surface area contributed by atoms with E-state index in [4.69, 9.17) is 4.74 Å². The van der Waals surface area contributed by atoms with Gasteiger partial charge in [0, 0.05) is 19.6 Å². The molecular weight excluding hydrogens is 412 g/mol. The van der Waals surface area contributed by atoms with E-state index >= 15 is 0 Å². The predicted molar refractivity (Wildman–Crippen MR) is 98.1 cm³/mol. The number of ether oxygens (including phenoxy) is 1. The maximum absolute atomic E-state index is 12.4. The summed E-state index contributed by atoms with van der Waals surface area (Å²) < 4.78 is 32.5. The second-order valence-corrected chi connectivity index (χ2v) is 9.48. The maximum atomic E-state index is 12.4. The van der Waals surface area contributed by atoms with Crippen molar-refractivity contribution in [1.29, 1.82) is 0 Å². The second kappa shape index (κ2) is 8.15. The first kappa shape index (κ1) is 20.3. The van der Waals surface area contributed by atoms with Crippen molar-refractivity contribution in [3.8, 4) is 0 Å². The van der Waals surface area contributed by atoms with Crippen LogP contribution in [0.4, 0.5) is 0 Å². The van der Waals surface area contributed by atoms with Crippen LogP contribution < -0.4 is 5.32 Å². The molecule has 2 atom stereocenters. The molecule has 2 rings (SSSR count). The molecule has 25 heavy (non-hydrogen) atoms. The fourth-order valence-electron chi connectivity index (χ4n) is 2.74. The van der Waals surface area contributed by atoms with E-state index in [1.165, 1.54) is 4.31 Å². The molecule has 0 radical (unpaired) electrons. The van der Waals surface area contributed by atoms with Gasteiger partial charge in [0.05, 0.1) is 28.1 Å². The van der Waals surface area contributed by atoms with Gasteiger partial charge in [-0.1, -0.05) is 13.8 Å². The SMILES string of the molecule is CC1CN(S(=O)(=O)CCNC(=O)c2n[nH]c(C(C)C)c2Br)CC(C)O1. The molecule has 2 unspecified atom stereocenters. The minimum absolute atomic E-state index is 0.0254. The number of H-pyrrole nitrogens is 1. The molecule has 10 heteroatoms. The average Bonchev–Trinajstić information content (AvgIpc) is 2.88. The van der Waals surface area contributed by atoms with Crippen LogP contribution in [0.2, 0.25) is 0 Å². The second-order valence-electron chi connectivity index (χ2n) is 6.60. The van der Waals surface area contributed by atoms with E-state index in [1.54, 1.807) is 0 Å². The minimum atomic E-state index is -3.45. The Morgan fingerprint density at radius 2 is 2.00 bits per heavy atom. The zero-order chi connectivity index (χ0) is 18.8. The highest BCUT2D eigenvalue weighted by atomic mass is 79.9. The summed E-state index contributed by atoms with van der Waals surface area (Å²) in [5.41, 5.74) is 1.06. The summed E-state index contributed by atoms with van der Waals surface area (Å²) in [4.78, 5) is 12.2. The lowest BCUT2D eigenvalue weighted by Gasteiger charge is -2.34. The van der Waals surface area contributed by atoms with Crippen LogP contribution in [0.1, 0.15) is 49.8 Å². The maximum Gasteiger partial charge on any atom is 0.272 e. The molecule has 2 heterocycles. The molecular formula is C15H25BrN4O4S. The van der Waals surface area contributed by atoms with E-state index < -0.39 is 15.9 Å². The summed E-state index contributed by atoms with van der Waals surface area (Å²) in [6, 6.07) is 0. The Morgan fingerprint density at radius 3 is 2.52 bits per heavy atom. The number of aromatic amines is 1. The number of aromatic nitrogens is 2. The van der Waals surface area contributed by atoms with Crippen LogP contribution in [0.15, 0.2) is 4.47 Å². The van der Waals surface area contributed by atoms with Crippen molar-refractivity contribution in [3.63, 3.8) is 0 Å². The molecule has 1 aliphatic rings. The van der Waals surface area contributed by atoms with E-state index in [0.717, 1.165) is 5.69 Å². The molecule has 1 aromatic rings. The molecule has 0 aromatic carbocycles. The molecule has 1 amide bonds. The molecule has 1 aromatic heterocycles. The molecule has 2 N–H and O–H groups in total. The minimum Gasteiger partial charge on any atom is -0.373 e. The van der Waals surface area contributed by atoms with Gasteiger partial charge in [-0.25, -0.2) is 8.42 Å². The number of rotatable bonds is 6. The first-order chi connectivity index (χ1) is 11.6. The lowest BCUT2D eigenvalue weighted by molar-refractivity contribution is -0.0440. The summed E-state index contributed by atoms with van der Waals surface area (Å²) in [7, 11) is -3.45. The van der Waals surface area contributed by atoms with Crippen molar-refractivity contribution in [1.82, 2.24) is 19.8 Å². The van der Waals surface area contributed by atoms with Crippen LogP contribution in [-0.4, -0.2) is 66.4 Å². The van der Waals surface area contributed by atoms with Crippen LogP contribution >= 0.6 is 15.9 Å². The molecule has 0 bridgehead atoms. The highest BCUT2D eigenvalue weighted by molar-refractivity contribution is 9.10. The normalized spacial score (nSPS) is 22.3. The fourth-order valence-corrected chi connectivity index (χ4v) is 5.05. The van der Waals surface area contributed by atoms with E-state index in [0.29, 0.717) is 17.6 Å². The number of hydrogen-bond donors (Lipinski definition) is 2. The van der Waals surface area contributed by atoms with Gasteiger partial charge in [0.15, 0.2) is 5.69 Å². The van der Waals surface area contributed by atoms with Crippen molar-refractivity contribution in [2.45, 2.75) is 45.8 Å². The van der Waals surface area contributed by atoms with Gasteiger partial charge in [0.25, 0.3) is 5.91 Å². The standard InChI is InChI=1S/C15H25BrN4O4S/c1-9(2)13-12(16)14(19-18-13)15(21)17-5-6-25(22,23)20-7-10(3)24-11(4)8-20/h9-11H,5-8H2,1-4H3,(H,17,21)(H,18,19). The van der Waals surface area contributed by atoms with Crippen LogP contribution in [-0.2, 0) is 14.8 Å². The molecule has 8 nitrogen and oxygen atoms in total. The molecule has 1 aliphatic heterocycles. The molecule has 1 saturated heterocycles. The monoisotopic (exact) mass is 436 g/mol. The van der Waals surface area contributed by atoms with Crippen LogP contribution in [0.3, 0.4) is 0 Å². The van der Waals surface area contributed by atoms with Crippen molar-refractivity contribution in [2.24, 2.45) is 0 Å². The van der Waals surface area contributed by atoms with Crippen LogP contribution in [0.5, 0.6) is 0 Å². The van der Waals surface area contributed by atoms with Gasteiger partial charge >= 0.3 is 0 Å². The number of morpholine rings is 1. The molecule has 0 aliphatic carbocycles. The van der Waals surface area contributed by atoms with E-state index in [2.05, 4.69) is 31.4 Å². The lowest BCUT2D eigenvalue weighted by Crippen LogP contribution is -2.49. The van der Waals surface area contributed by atoms with E-state index in [-0.39, 0.29) is 36.1 Å². The zero-order valence-electron chi connectivity index (χ0n) is 14.9. The Kier molecular flexibility index (Phi) is 6.63. The molecule has 0 spiro atoms. The Labute approximate surface area is 156 Å². The Morgan fingerprint density at radius 1 is 1.40 bits per heavy atom. The van der Waals surface area contributed by atoms with E-state index in [1.807, 2.05) is 27.7 Å². The van der Waals surface area contributed by atoms with Gasteiger partial charge < -0.3 is 10.1 Å². The van der Waals surface area contributed by atoms with Gasteiger partial charge in [-0.05, 0) is 35.7 Å².